The molecule has 1 aromatic rings. The van der Waals surface area contributed by atoms with E-state index in [1.165, 1.54) is 69.8 Å². The summed E-state index contributed by atoms with van der Waals surface area (Å²) in [4.78, 5) is 0. The molecule has 0 amide bonds. The molecule has 108 valence electrons. The van der Waals surface area contributed by atoms with E-state index in [9.17, 15) is 0 Å². The molecule has 0 aliphatic heterocycles. The van der Waals surface area contributed by atoms with Crippen molar-refractivity contribution in [3.05, 3.63) is 35.9 Å². The molecule has 1 aromatic carbocycles. The molecule has 0 aliphatic carbocycles. The zero-order valence-electron chi connectivity index (χ0n) is 12.4. The minimum Gasteiger partial charge on any atom is -0.0774 e. The topological polar surface area (TPSA) is 0 Å². The van der Waals surface area contributed by atoms with Crippen LogP contribution in [0.25, 0.3) is 0 Å². The molecule has 1 unspecified atom stereocenters. The average molecular weight is 372 g/mol. The van der Waals surface area contributed by atoms with Crippen molar-refractivity contribution in [3.8, 4) is 0 Å². The van der Waals surface area contributed by atoms with E-state index in [0.29, 0.717) is 3.92 Å². The van der Waals surface area contributed by atoms with Gasteiger partial charge in [0.25, 0.3) is 0 Å². The summed E-state index contributed by atoms with van der Waals surface area (Å²) in [5.41, 5.74) is 1.49. The lowest BCUT2D eigenvalue weighted by atomic mass is 10.0. The zero-order chi connectivity index (χ0) is 13.8. The van der Waals surface area contributed by atoms with Gasteiger partial charge < -0.3 is 0 Å². The molecule has 0 N–H and O–H groups in total. The van der Waals surface area contributed by atoms with Crippen LogP contribution in [0.1, 0.15) is 80.6 Å². The Morgan fingerprint density at radius 2 is 1.32 bits per heavy atom. The smallest absolute Gasteiger partial charge is 0.0359 e. The van der Waals surface area contributed by atoms with E-state index >= 15 is 0 Å². The van der Waals surface area contributed by atoms with Crippen molar-refractivity contribution in [3.63, 3.8) is 0 Å². The highest BCUT2D eigenvalue weighted by Gasteiger charge is 2.05. The fourth-order valence-corrected chi connectivity index (χ4v) is 3.32. The number of alkyl halides is 1. The number of rotatable bonds is 11. The van der Waals surface area contributed by atoms with Crippen molar-refractivity contribution in [2.75, 3.05) is 0 Å². The lowest BCUT2D eigenvalue weighted by Gasteiger charge is -2.09. The van der Waals surface area contributed by atoms with Crippen LogP contribution in [0.15, 0.2) is 30.3 Å². The first-order valence-corrected chi connectivity index (χ1v) is 9.28. The Hall–Kier alpha value is -0.0500. The Morgan fingerprint density at radius 3 is 1.89 bits per heavy atom. The van der Waals surface area contributed by atoms with Gasteiger partial charge in [0.2, 0.25) is 0 Å². The maximum Gasteiger partial charge on any atom is 0.0359 e. The van der Waals surface area contributed by atoms with Crippen LogP contribution in [0.2, 0.25) is 0 Å². The second-order valence-electron chi connectivity index (χ2n) is 5.50. The third-order valence-electron chi connectivity index (χ3n) is 3.72. The van der Waals surface area contributed by atoms with Gasteiger partial charge >= 0.3 is 0 Å². The molecule has 0 aromatic heterocycles. The van der Waals surface area contributed by atoms with Crippen molar-refractivity contribution < 1.29 is 0 Å². The van der Waals surface area contributed by atoms with Crippen LogP contribution in [0.4, 0.5) is 0 Å². The first kappa shape index (κ1) is 17.0. The lowest BCUT2D eigenvalue weighted by Crippen LogP contribution is -1.90. The summed E-state index contributed by atoms with van der Waals surface area (Å²) in [7, 11) is 0. The average Bonchev–Trinajstić information content (AvgIpc) is 2.46. The van der Waals surface area contributed by atoms with E-state index in [1.54, 1.807) is 0 Å². The highest BCUT2D eigenvalue weighted by molar-refractivity contribution is 14.1. The second kappa shape index (κ2) is 11.7. The standard InChI is InChI=1S/C18H29I/c1-2-3-4-5-6-7-8-9-13-16-18(19)17-14-11-10-12-15-17/h10-12,14-15,18H,2-9,13,16H2,1H3. The molecule has 0 nitrogen and oxygen atoms in total. The van der Waals surface area contributed by atoms with Crippen LogP contribution in [-0.2, 0) is 0 Å². The maximum absolute atomic E-state index is 2.59. The molecule has 0 saturated carbocycles. The maximum atomic E-state index is 2.59. The van der Waals surface area contributed by atoms with Gasteiger partial charge in [-0.2, -0.15) is 0 Å². The van der Waals surface area contributed by atoms with E-state index in [0.717, 1.165) is 0 Å². The van der Waals surface area contributed by atoms with Crippen LogP contribution < -0.4 is 0 Å². The van der Waals surface area contributed by atoms with Crippen molar-refractivity contribution in [1.29, 1.82) is 0 Å². The second-order valence-corrected chi connectivity index (χ2v) is 7.00. The summed E-state index contributed by atoms with van der Waals surface area (Å²) in [6.45, 7) is 2.28. The summed E-state index contributed by atoms with van der Waals surface area (Å²) in [5, 5.41) is 0. The summed E-state index contributed by atoms with van der Waals surface area (Å²) in [6.07, 6.45) is 14.1. The van der Waals surface area contributed by atoms with Crippen LogP contribution in [0.3, 0.4) is 0 Å². The molecule has 19 heavy (non-hydrogen) atoms. The lowest BCUT2D eigenvalue weighted by molar-refractivity contribution is 0.557. The van der Waals surface area contributed by atoms with Gasteiger partial charge in [-0.05, 0) is 12.0 Å². The van der Waals surface area contributed by atoms with Crippen LogP contribution in [0.5, 0.6) is 0 Å². The molecular weight excluding hydrogens is 343 g/mol. The molecule has 0 saturated heterocycles. The van der Waals surface area contributed by atoms with E-state index in [4.69, 9.17) is 0 Å². The first-order valence-electron chi connectivity index (χ1n) is 8.03. The molecular formula is C18H29I. The molecule has 0 aliphatic rings. The van der Waals surface area contributed by atoms with Gasteiger partial charge in [0.1, 0.15) is 0 Å². The van der Waals surface area contributed by atoms with E-state index in [1.807, 2.05) is 0 Å². The molecule has 0 spiro atoms. The quantitative estimate of drug-likeness (QED) is 0.221. The Morgan fingerprint density at radius 1 is 0.789 bits per heavy atom. The number of halogens is 1. The fourth-order valence-electron chi connectivity index (χ4n) is 2.46. The van der Waals surface area contributed by atoms with Crippen molar-refractivity contribution in [2.24, 2.45) is 0 Å². The Bertz CT molecular complexity index is 294. The third kappa shape index (κ3) is 8.67. The largest absolute Gasteiger partial charge is 0.0774 e. The summed E-state index contributed by atoms with van der Waals surface area (Å²) >= 11 is 2.59. The number of hydrogen-bond donors (Lipinski definition) is 0. The molecule has 0 bridgehead atoms. The summed E-state index contributed by atoms with van der Waals surface area (Å²) in [6, 6.07) is 10.9. The van der Waals surface area contributed by atoms with Gasteiger partial charge in [-0.15, -0.1) is 0 Å². The first-order chi connectivity index (χ1) is 9.34. The molecule has 1 atom stereocenters. The molecule has 1 heteroatoms. The van der Waals surface area contributed by atoms with E-state index < -0.39 is 0 Å². The van der Waals surface area contributed by atoms with Crippen LogP contribution >= 0.6 is 22.6 Å². The zero-order valence-corrected chi connectivity index (χ0v) is 14.6. The summed E-state index contributed by atoms with van der Waals surface area (Å²) < 4.78 is 0.698. The number of benzene rings is 1. The van der Waals surface area contributed by atoms with Gasteiger partial charge in [-0.1, -0.05) is 118 Å². The highest BCUT2D eigenvalue weighted by atomic mass is 127. The van der Waals surface area contributed by atoms with Gasteiger partial charge in [0.15, 0.2) is 0 Å². The van der Waals surface area contributed by atoms with Crippen molar-refractivity contribution >= 4 is 22.6 Å². The molecule has 0 fully saturated rings. The molecule has 0 heterocycles. The molecule has 1 rings (SSSR count). The van der Waals surface area contributed by atoms with E-state index in [2.05, 4.69) is 59.8 Å². The van der Waals surface area contributed by atoms with Gasteiger partial charge in [0, 0.05) is 3.92 Å². The minimum atomic E-state index is 0.698. The Labute approximate surface area is 133 Å². The van der Waals surface area contributed by atoms with Crippen molar-refractivity contribution in [2.45, 2.75) is 75.1 Å². The third-order valence-corrected chi connectivity index (χ3v) is 5.06. The minimum absolute atomic E-state index is 0.698. The van der Waals surface area contributed by atoms with Gasteiger partial charge in [-0.25, -0.2) is 0 Å². The predicted octanol–water partition coefficient (Wildman–Crippen LogP) is 7.08. The number of unbranched alkanes of at least 4 members (excludes halogenated alkanes) is 8. The normalized spacial score (nSPS) is 12.5. The predicted molar refractivity (Wildman–Crippen MR) is 95.0 cm³/mol. The number of hydrogen-bond acceptors (Lipinski definition) is 0. The monoisotopic (exact) mass is 372 g/mol. The Kier molecular flexibility index (Phi) is 10.5. The Balaban J connectivity index is 1.93. The summed E-state index contributed by atoms with van der Waals surface area (Å²) in [5.74, 6) is 0. The van der Waals surface area contributed by atoms with Crippen molar-refractivity contribution in [1.82, 2.24) is 0 Å². The van der Waals surface area contributed by atoms with Gasteiger partial charge in [0.05, 0.1) is 0 Å². The SMILES string of the molecule is CCCCCCCCCCCC(I)c1ccccc1. The van der Waals surface area contributed by atoms with E-state index in [-0.39, 0.29) is 0 Å². The molecule has 0 radical (unpaired) electrons. The van der Waals surface area contributed by atoms with Gasteiger partial charge in [-0.3, -0.25) is 0 Å². The van der Waals surface area contributed by atoms with Crippen LogP contribution in [-0.4, -0.2) is 0 Å². The van der Waals surface area contributed by atoms with Crippen LogP contribution in [0, 0.1) is 0 Å². The fraction of sp³-hybridized carbons (Fsp3) is 0.667. The highest BCUT2D eigenvalue weighted by Crippen LogP contribution is 2.29.